The van der Waals surface area contributed by atoms with Crippen molar-refractivity contribution in [2.45, 2.75) is 25.9 Å². The van der Waals surface area contributed by atoms with Crippen LogP contribution in [0.25, 0.3) is 0 Å². The second-order valence-electron chi connectivity index (χ2n) is 8.49. The largest absolute Gasteiger partial charge is 0.354 e. The average molecular weight is 525 g/mol. The number of nitrogens with one attached hydrogen (secondary N) is 2. The zero-order chi connectivity index (χ0) is 25.9. The Morgan fingerprint density at radius 3 is 1.36 bits per heavy atom. The van der Waals surface area contributed by atoms with E-state index in [2.05, 4.69) is 19.8 Å². The molecule has 0 aliphatic rings. The molecule has 2 amide bonds. The quantitative estimate of drug-likeness (QED) is 0.396. The van der Waals surface area contributed by atoms with Gasteiger partial charge in [0.1, 0.15) is 0 Å². The minimum atomic E-state index is -0.317. The maximum Gasteiger partial charge on any atom is 0.257 e. The molecule has 0 atom stereocenters. The molecule has 3 rings (SSSR count). The smallest absolute Gasteiger partial charge is 0.257 e. The number of aryl methyl sites for hydroxylation is 2. The molecular formula is C26H32N6O2S2. The summed E-state index contributed by atoms with van der Waals surface area (Å²) in [5.41, 5.74) is 0.832. The van der Waals surface area contributed by atoms with E-state index in [-0.39, 0.29) is 11.8 Å². The lowest BCUT2D eigenvalue weighted by molar-refractivity contribution is 0.0962. The highest BCUT2D eigenvalue weighted by molar-refractivity contribution is 7.80. The van der Waals surface area contributed by atoms with Crippen LogP contribution in [-0.2, 0) is 13.1 Å². The summed E-state index contributed by atoms with van der Waals surface area (Å²) in [5.74, 6) is -0.635. The van der Waals surface area contributed by atoms with Crippen LogP contribution in [0.15, 0.2) is 73.3 Å². The zero-order valence-electron chi connectivity index (χ0n) is 20.6. The van der Waals surface area contributed by atoms with E-state index in [1.54, 1.807) is 24.3 Å². The molecule has 0 saturated carbocycles. The van der Waals surface area contributed by atoms with Crippen LogP contribution < -0.4 is 10.6 Å². The Kier molecular flexibility index (Phi) is 10.2. The van der Waals surface area contributed by atoms with Gasteiger partial charge >= 0.3 is 0 Å². The third-order valence-corrected chi connectivity index (χ3v) is 6.52. The molecule has 2 heterocycles. The second-order valence-corrected chi connectivity index (χ2v) is 9.26. The first-order valence-electron chi connectivity index (χ1n) is 11.8. The van der Waals surface area contributed by atoms with E-state index in [4.69, 9.17) is 24.4 Å². The Balaban J connectivity index is 1.41. The van der Waals surface area contributed by atoms with Gasteiger partial charge in [-0.15, -0.1) is 0 Å². The van der Waals surface area contributed by atoms with Crippen molar-refractivity contribution in [2.24, 2.45) is 0 Å². The van der Waals surface area contributed by atoms with E-state index in [0.717, 1.165) is 39.0 Å². The lowest BCUT2D eigenvalue weighted by Gasteiger charge is -2.21. The average Bonchev–Trinajstić information content (AvgIpc) is 3.58. The van der Waals surface area contributed by atoms with Gasteiger partial charge in [0.2, 0.25) is 0 Å². The molecule has 0 aliphatic heterocycles. The second kappa shape index (κ2) is 13.6. The highest BCUT2D eigenvalue weighted by Gasteiger charge is 2.14. The number of amides is 2. The summed E-state index contributed by atoms with van der Waals surface area (Å²) in [6, 6.07) is 14.4. The van der Waals surface area contributed by atoms with Gasteiger partial charge in [-0.05, 0) is 85.8 Å². The molecule has 0 spiro atoms. The molecular weight excluding hydrogens is 492 g/mol. The van der Waals surface area contributed by atoms with Gasteiger partial charge < -0.3 is 18.9 Å². The fourth-order valence-electron chi connectivity index (χ4n) is 3.52. The highest BCUT2D eigenvalue weighted by Crippen LogP contribution is 2.06. The van der Waals surface area contributed by atoms with Crippen molar-refractivity contribution in [2.75, 3.05) is 27.2 Å². The topological polar surface area (TPSA) is 74.5 Å². The summed E-state index contributed by atoms with van der Waals surface area (Å²) in [6.07, 6.45) is 9.86. The molecule has 8 nitrogen and oxygen atoms in total. The van der Waals surface area contributed by atoms with Crippen molar-refractivity contribution in [1.29, 1.82) is 0 Å². The fourth-order valence-corrected chi connectivity index (χ4v) is 3.89. The van der Waals surface area contributed by atoms with E-state index in [1.807, 2.05) is 72.9 Å². The number of hydrogen-bond acceptors (Lipinski definition) is 4. The van der Waals surface area contributed by atoms with Crippen LogP contribution in [0.1, 0.15) is 33.6 Å². The van der Waals surface area contributed by atoms with E-state index in [0.29, 0.717) is 21.4 Å². The first kappa shape index (κ1) is 27.1. The molecule has 0 aliphatic carbocycles. The Hall–Kier alpha value is -3.50. The van der Waals surface area contributed by atoms with Crippen LogP contribution in [0.5, 0.6) is 0 Å². The molecule has 2 aromatic heterocycles. The summed E-state index contributed by atoms with van der Waals surface area (Å²) in [7, 11) is 3.71. The summed E-state index contributed by atoms with van der Waals surface area (Å²) >= 11 is 10.7. The molecule has 190 valence electrons. The van der Waals surface area contributed by atoms with E-state index >= 15 is 0 Å². The van der Waals surface area contributed by atoms with Gasteiger partial charge in [-0.25, -0.2) is 0 Å². The molecule has 3 aromatic rings. The Bertz CT molecular complexity index is 1050. The van der Waals surface area contributed by atoms with E-state index < -0.39 is 0 Å². The van der Waals surface area contributed by atoms with Crippen molar-refractivity contribution in [1.82, 2.24) is 29.6 Å². The molecule has 36 heavy (non-hydrogen) atoms. The maximum atomic E-state index is 12.6. The van der Waals surface area contributed by atoms with Gasteiger partial charge in [-0.2, -0.15) is 0 Å². The van der Waals surface area contributed by atoms with Gasteiger partial charge in [0, 0.05) is 76.2 Å². The van der Waals surface area contributed by atoms with Crippen molar-refractivity contribution in [3.05, 3.63) is 84.4 Å². The van der Waals surface area contributed by atoms with Crippen molar-refractivity contribution < 1.29 is 9.59 Å². The molecule has 0 bridgehead atoms. The van der Waals surface area contributed by atoms with Crippen molar-refractivity contribution in [3.8, 4) is 0 Å². The van der Waals surface area contributed by atoms with Crippen LogP contribution in [-0.4, -0.2) is 68.2 Å². The van der Waals surface area contributed by atoms with Crippen LogP contribution >= 0.6 is 24.4 Å². The molecule has 2 N–H and O–H groups in total. The number of aromatic nitrogens is 2. The number of thiocarbonyl (C=S) groups is 2. The number of benzene rings is 1. The first-order valence-corrected chi connectivity index (χ1v) is 12.6. The van der Waals surface area contributed by atoms with Crippen molar-refractivity contribution in [3.63, 3.8) is 0 Å². The molecule has 0 unspecified atom stereocenters. The van der Waals surface area contributed by atoms with Gasteiger partial charge in [0.15, 0.2) is 10.2 Å². The van der Waals surface area contributed by atoms with Gasteiger partial charge in [-0.3, -0.25) is 20.2 Å². The SMILES string of the molecule is CN(CCCn1cccc1)C(=S)NC(=O)c1ccc(C(=O)NC(=S)N(C)CCCn2cccc2)cc1. The maximum absolute atomic E-state index is 12.6. The van der Waals surface area contributed by atoms with Crippen LogP contribution in [0.3, 0.4) is 0 Å². The minimum absolute atomic E-state index is 0.317. The molecule has 0 fully saturated rings. The normalized spacial score (nSPS) is 10.5. The molecule has 0 radical (unpaired) electrons. The Morgan fingerprint density at radius 2 is 1.03 bits per heavy atom. The monoisotopic (exact) mass is 524 g/mol. The standard InChI is InChI=1S/C26H32N6O2S2/c1-29(13-7-19-31-15-3-4-16-31)25(35)27-23(33)21-9-11-22(12-10-21)24(34)28-26(36)30(2)14-8-20-32-17-5-6-18-32/h3-6,9-12,15-18H,7-8,13-14,19-20H2,1-2H3,(H,27,33,35)(H,28,34,36). The van der Waals surface area contributed by atoms with Gasteiger partial charge in [-0.1, -0.05) is 0 Å². The number of carbonyl (C=O) groups excluding carboxylic acids is 2. The zero-order valence-corrected chi connectivity index (χ0v) is 22.2. The van der Waals surface area contributed by atoms with E-state index in [1.165, 1.54) is 0 Å². The van der Waals surface area contributed by atoms with Crippen LogP contribution in [0.4, 0.5) is 0 Å². The first-order chi connectivity index (χ1) is 17.3. The summed E-state index contributed by atoms with van der Waals surface area (Å²) < 4.78 is 4.20. The lowest BCUT2D eigenvalue weighted by atomic mass is 10.1. The number of carbonyl (C=O) groups is 2. The van der Waals surface area contributed by atoms with Crippen molar-refractivity contribution >= 4 is 46.5 Å². The number of nitrogens with zero attached hydrogens (tertiary/aromatic N) is 4. The van der Waals surface area contributed by atoms with Gasteiger partial charge in [0.05, 0.1) is 0 Å². The minimum Gasteiger partial charge on any atom is -0.354 e. The molecule has 10 heteroatoms. The summed E-state index contributed by atoms with van der Waals surface area (Å²) in [5, 5.41) is 6.22. The number of rotatable bonds is 10. The summed E-state index contributed by atoms with van der Waals surface area (Å²) in [4.78, 5) is 28.9. The molecule has 1 aromatic carbocycles. The predicted molar refractivity (Wildman–Crippen MR) is 150 cm³/mol. The Morgan fingerprint density at radius 1 is 0.694 bits per heavy atom. The van der Waals surface area contributed by atoms with Crippen LogP contribution in [0.2, 0.25) is 0 Å². The third kappa shape index (κ3) is 8.31. The predicted octanol–water partition coefficient (Wildman–Crippen LogP) is 3.36. The van der Waals surface area contributed by atoms with Gasteiger partial charge in [0.25, 0.3) is 11.8 Å². The highest BCUT2D eigenvalue weighted by atomic mass is 32.1. The fraction of sp³-hybridized carbons (Fsp3) is 0.308. The Labute approximate surface area is 222 Å². The lowest BCUT2D eigenvalue weighted by Crippen LogP contribution is -2.41. The summed E-state index contributed by atoms with van der Waals surface area (Å²) in [6.45, 7) is 3.20. The van der Waals surface area contributed by atoms with E-state index in [9.17, 15) is 9.59 Å². The number of hydrogen-bond donors (Lipinski definition) is 2. The molecule has 0 saturated heterocycles. The van der Waals surface area contributed by atoms with Crippen LogP contribution in [0, 0.1) is 0 Å². The third-order valence-electron chi connectivity index (χ3n) is 5.70.